The normalized spacial score (nSPS) is 18.0. The molecule has 0 spiro atoms. The van der Waals surface area contributed by atoms with Crippen molar-refractivity contribution in [2.45, 2.75) is 32.5 Å². The number of rotatable bonds is 5. The number of halogens is 1. The first-order valence-corrected chi connectivity index (χ1v) is 8.91. The summed E-state index contributed by atoms with van der Waals surface area (Å²) < 4.78 is 14.3. The maximum Gasteiger partial charge on any atom is 0.242 e. The number of anilines is 1. The van der Waals surface area contributed by atoms with E-state index in [2.05, 4.69) is 29.0 Å². The Kier molecular flexibility index (Phi) is 5.52. The first kappa shape index (κ1) is 18.3. The number of hydrogen-bond acceptors (Lipinski definition) is 4. The third-order valence-corrected chi connectivity index (χ3v) is 4.84. The summed E-state index contributed by atoms with van der Waals surface area (Å²) in [6.07, 6.45) is 1.83. The molecule has 3 rings (SSSR count). The van der Waals surface area contributed by atoms with Crippen molar-refractivity contribution in [3.05, 3.63) is 59.5 Å². The molecule has 6 heteroatoms. The molecule has 1 amide bonds. The van der Waals surface area contributed by atoms with Gasteiger partial charge in [0.05, 0.1) is 0 Å². The second-order valence-electron chi connectivity index (χ2n) is 6.91. The summed E-state index contributed by atoms with van der Waals surface area (Å²) in [5, 5.41) is 2.84. The molecule has 2 aromatic rings. The van der Waals surface area contributed by atoms with Gasteiger partial charge in [0.25, 0.3) is 0 Å². The van der Waals surface area contributed by atoms with Gasteiger partial charge in [0, 0.05) is 44.5 Å². The molecular formula is C20H25FN4O. The van der Waals surface area contributed by atoms with Crippen molar-refractivity contribution in [1.82, 2.24) is 15.2 Å². The van der Waals surface area contributed by atoms with Crippen molar-refractivity contribution >= 4 is 11.7 Å². The molecule has 1 aliphatic rings. The van der Waals surface area contributed by atoms with Crippen LogP contribution < -0.4 is 10.2 Å². The molecule has 0 radical (unpaired) electrons. The third-order valence-electron chi connectivity index (χ3n) is 4.84. The largest absolute Gasteiger partial charge is 0.357 e. The second-order valence-corrected chi connectivity index (χ2v) is 6.91. The van der Waals surface area contributed by atoms with Gasteiger partial charge in [0.1, 0.15) is 17.7 Å². The highest BCUT2D eigenvalue weighted by atomic mass is 19.1. The summed E-state index contributed by atoms with van der Waals surface area (Å²) in [6.45, 7) is 6.00. The summed E-state index contributed by atoms with van der Waals surface area (Å²) >= 11 is 0. The first-order valence-electron chi connectivity index (χ1n) is 8.91. The van der Waals surface area contributed by atoms with Crippen LogP contribution in [0.15, 0.2) is 42.6 Å². The molecule has 0 aliphatic carbocycles. The summed E-state index contributed by atoms with van der Waals surface area (Å²) in [7, 11) is 2.01. The zero-order chi connectivity index (χ0) is 18.7. The number of carbonyl (C=O) groups excluding carboxylic acids is 1. The molecular weight excluding hydrogens is 331 g/mol. The van der Waals surface area contributed by atoms with E-state index in [1.807, 2.05) is 30.3 Å². The van der Waals surface area contributed by atoms with E-state index < -0.39 is 6.04 Å². The van der Waals surface area contributed by atoms with Gasteiger partial charge in [-0.1, -0.05) is 24.3 Å². The lowest BCUT2D eigenvalue weighted by molar-refractivity contribution is -0.129. The number of hydrogen-bond donors (Lipinski definition) is 1. The Morgan fingerprint density at radius 1 is 1.31 bits per heavy atom. The Bertz CT molecular complexity index is 763. The zero-order valence-electron chi connectivity index (χ0n) is 15.4. The molecule has 5 nitrogen and oxygen atoms in total. The fourth-order valence-electron chi connectivity index (χ4n) is 3.14. The van der Waals surface area contributed by atoms with E-state index in [1.165, 1.54) is 6.07 Å². The minimum atomic E-state index is -0.622. The number of amides is 1. The van der Waals surface area contributed by atoms with E-state index >= 15 is 0 Å². The van der Waals surface area contributed by atoms with Gasteiger partial charge >= 0.3 is 0 Å². The number of pyridine rings is 1. The van der Waals surface area contributed by atoms with Gasteiger partial charge < -0.3 is 10.2 Å². The summed E-state index contributed by atoms with van der Waals surface area (Å²) in [6, 6.07) is 10.2. The van der Waals surface area contributed by atoms with Gasteiger partial charge in [-0.15, -0.1) is 0 Å². The Morgan fingerprint density at radius 2 is 2.08 bits per heavy atom. The van der Waals surface area contributed by atoms with Crippen molar-refractivity contribution in [2.75, 3.05) is 25.0 Å². The van der Waals surface area contributed by atoms with Crippen LogP contribution >= 0.6 is 0 Å². The molecule has 0 unspecified atom stereocenters. The Morgan fingerprint density at radius 3 is 2.73 bits per heavy atom. The SMILES string of the molecule is CC(C)N(C)c1ccc(CN2CCNC(=O)[C@@H]2c2ccccc2F)cn1. The number of nitrogens with one attached hydrogen (secondary N) is 1. The Balaban J connectivity index is 1.81. The highest BCUT2D eigenvalue weighted by molar-refractivity contribution is 5.84. The minimum absolute atomic E-state index is 0.162. The summed E-state index contributed by atoms with van der Waals surface area (Å²) in [4.78, 5) is 21.0. The molecule has 1 atom stereocenters. The maximum absolute atomic E-state index is 14.3. The summed E-state index contributed by atoms with van der Waals surface area (Å²) in [5.74, 6) is 0.392. The average Bonchev–Trinajstić information content (AvgIpc) is 2.63. The number of aromatic nitrogens is 1. The van der Waals surface area contributed by atoms with Crippen LogP contribution in [-0.4, -0.2) is 42.0 Å². The monoisotopic (exact) mass is 356 g/mol. The van der Waals surface area contributed by atoms with Gasteiger partial charge in [-0.05, 0) is 31.5 Å². The van der Waals surface area contributed by atoms with Crippen LogP contribution in [0.3, 0.4) is 0 Å². The van der Waals surface area contributed by atoms with Crippen LogP contribution in [0.2, 0.25) is 0 Å². The number of piperazine rings is 1. The molecule has 138 valence electrons. The highest BCUT2D eigenvalue weighted by Gasteiger charge is 2.32. The Labute approximate surface area is 153 Å². The van der Waals surface area contributed by atoms with E-state index in [-0.39, 0.29) is 11.7 Å². The molecule has 1 saturated heterocycles. The topological polar surface area (TPSA) is 48.5 Å². The average molecular weight is 356 g/mol. The molecule has 1 aromatic heterocycles. The first-order chi connectivity index (χ1) is 12.5. The van der Waals surface area contributed by atoms with Crippen LogP contribution in [0.5, 0.6) is 0 Å². The lowest BCUT2D eigenvalue weighted by Crippen LogP contribution is -2.49. The maximum atomic E-state index is 14.3. The van der Waals surface area contributed by atoms with Crippen molar-refractivity contribution in [1.29, 1.82) is 0 Å². The van der Waals surface area contributed by atoms with Crippen molar-refractivity contribution in [2.24, 2.45) is 0 Å². The van der Waals surface area contributed by atoms with Gasteiger partial charge in [-0.3, -0.25) is 9.69 Å². The second kappa shape index (κ2) is 7.83. The molecule has 0 saturated carbocycles. The number of carbonyl (C=O) groups is 1. The quantitative estimate of drug-likeness (QED) is 0.895. The standard InChI is InChI=1S/C20H25FN4O/c1-14(2)24(3)18-9-8-15(12-23-18)13-25-11-10-22-20(26)19(25)16-6-4-5-7-17(16)21/h4-9,12,14,19H,10-11,13H2,1-3H3,(H,22,26)/t19-/m0/s1. The van der Waals surface area contributed by atoms with E-state index in [1.54, 1.807) is 18.2 Å². The van der Waals surface area contributed by atoms with Crippen molar-refractivity contribution in [3.63, 3.8) is 0 Å². The molecule has 2 heterocycles. The fourth-order valence-corrected chi connectivity index (χ4v) is 3.14. The van der Waals surface area contributed by atoms with Crippen molar-refractivity contribution < 1.29 is 9.18 Å². The van der Waals surface area contributed by atoms with Crippen LogP contribution in [0.25, 0.3) is 0 Å². The van der Waals surface area contributed by atoms with Gasteiger partial charge in [-0.2, -0.15) is 0 Å². The van der Waals surface area contributed by atoms with Gasteiger partial charge in [0.15, 0.2) is 0 Å². The van der Waals surface area contributed by atoms with Gasteiger partial charge in [0.2, 0.25) is 5.91 Å². The molecule has 0 bridgehead atoms. The Hall–Kier alpha value is -2.47. The van der Waals surface area contributed by atoms with Gasteiger partial charge in [-0.25, -0.2) is 9.37 Å². The molecule has 1 fully saturated rings. The summed E-state index contributed by atoms with van der Waals surface area (Å²) in [5.41, 5.74) is 1.41. The molecule has 26 heavy (non-hydrogen) atoms. The number of nitrogens with zero attached hydrogens (tertiary/aromatic N) is 3. The van der Waals surface area contributed by atoms with Crippen LogP contribution in [-0.2, 0) is 11.3 Å². The zero-order valence-corrected chi connectivity index (χ0v) is 15.4. The van der Waals surface area contributed by atoms with E-state index in [0.717, 1.165) is 11.4 Å². The molecule has 1 aromatic carbocycles. The predicted molar refractivity (Wildman–Crippen MR) is 100 cm³/mol. The molecule has 1 N–H and O–H groups in total. The van der Waals surface area contributed by atoms with E-state index in [9.17, 15) is 9.18 Å². The highest BCUT2D eigenvalue weighted by Crippen LogP contribution is 2.27. The minimum Gasteiger partial charge on any atom is -0.357 e. The van der Waals surface area contributed by atoms with Crippen LogP contribution in [0.4, 0.5) is 10.2 Å². The fraction of sp³-hybridized carbons (Fsp3) is 0.400. The number of benzene rings is 1. The smallest absolute Gasteiger partial charge is 0.242 e. The lowest BCUT2D eigenvalue weighted by Gasteiger charge is -2.35. The van der Waals surface area contributed by atoms with E-state index in [0.29, 0.717) is 31.2 Å². The predicted octanol–water partition coefficient (Wildman–Crippen LogP) is 2.74. The lowest BCUT2D eigenvalue weighted by atomic mass is 10.0. The van der Waals surface area contributed by atoms with Crippen LogP contribution in [0.1, 0.15) is 31.0 Å². The van der Waals surface area contributed by atoms with E-state index in [4.69, 9.17) is 0 Å². The van der Waals surface area contributed by atoms with Crippen molar-refractivity contribution in [3.8, 4) is 0 Å². The molecule has 1 aliphatic heterocycles. The van der Waals surface area contributed by atoms with Crippen LogP contribution in [0, 0.1) is 5.82 Å². The third kappa shape index (κ3) is 3.85.